The number of imide groups is 1. The number of hydrogen-bond acceptors (Lipinski definition) is 9. The van der Waals surface area contributed by atoms with Crippen LogP contribution in [-0.4, -0.2) is 80.4 Å². The monoisotopic (exact) mass is 766 g/mol. The van der Waals surface area contributed by atoms with Crippen molar-refractivity contribution in [3.63, 3.8) is 0 Å². The number of imidazole rings is 1. The van der Waals surface area contributed by atoms with Crippen LogP contribution in [0.5, 0.6) is 11.5 Å². The van der Waals surface area contributed by atoms with Crippen molar-refractivity contribution in [1.29, 1.82) is 0 Å². The number of aromatic nitrogens is 5. The highest BCUT2D eigenvalue weighted by Gasteiger charge is 2.37. The highest BCUT2D eigenvalue weighted by molar-refractivity contribution is 6.05. The topological polar surface area (TPSA) is 155 Å². The minimum absolute atomic E-state index is 0.113. The Bertz CT molecular complexity index is 2410. The minimum Gasteiger partial charge on any atom is -0.496 e. The Hall–Kier alpha value is -5.57. The zero-order chi connectivity index (χ0) is 39.5. The Labute approximate surface area is 322 Å². The van der Waals surface area contributed by atoms with Crippen LogP contribution in [0.2, 0.25) is 0 Å². The molecule has 3 fully saturated rings. The van der Waals surface area contributed by atoms with Crippen molar-refractivity contribution in [2.75, 3.05) is 39.2 Å². The predicted molar refractivity (Wildman–Crippen MR) is 208 cm³/mol. The zero-order valence-electron chi connectivity index (χ0n) is 32.3. The number of fused-ring (bicyclic) bond motifs is 2. The molecule has 1 unspecified atom stereocenters. The maximum absolute atomic E-state index is 14.5. The van der Waals surface area contributed by atoms with Crippen LogP contribution >= 0.6 is 0 Å². The average Bonchev–Trinajstić information content (AvgIpc) is 3.69. The van der Waals surface area contributed by atoms with E-state index in [0.29, 0.717) is 22.9 Å². The van der Waals surface area contributed by atoms with E-state index in [4.69, 9.17) is 14.6 Å². The number of nitrogens with zero attached hydrogens (tertiary/aromatic N) is 6. The quantitative estimate of drug-likeness (QED) is 0.179. The molecule has 0 bridgehead atoms. The van der Waals surface area contributed by atoms with Gasteiger partial charge in [-0.05, 0) is 82.2 Å². The average molecular weight is 767 g/mol. The summed E-state index contributed by atoms with van der Waals surface area (Å²) in [4.78, 5) is 58.0. The van der Waals surface area contributed by atoms with Crippen LogP contribution in [0, 0.1) is 5.92 Å². The SMILES string of the molecule is COc1cc2nn(C3CCC(CN4CC(c5c(OC)ccc6c5n(C)c(=O)n6C5CCC(=O)NC5=O)C4)CC3)cc2cc1NC(=O)c1cccc(C(C)(C)F)n1. The summed E-state index contributed by atoms with van der Waals surface area (Å²) in [5, 5.41) is 11.0. The largest absolute Gasteiger partial charge is 0.496 e. The molecule has 1 atom stereocenters. The molecule has 1 saturated carbocycles. The van der Waals surface area contributed by atoms with Gasteiger partial charge in [0, 0.05) is 62.2 Å². The first kappa shape index (κ1) is 37.4. The summed E-state index contributed by atoms with van der Waals surface area (Å²) in [6.07, 6.45) is 6.62. The molecule has 0 radical (unpaired) electrons. The molecule has 14 nitrogen and oxygen atoms in total. The number of amides is 3. The van der Waals surface area contributed by atoms with Gasteiger partial charge in [0.2, 0.25) is 11.8 Å². The molecule has 56 heavy (non-hydrogen) atoms. The number of likely N-dealkylation sites (tertiary alicyclic amines) is 1. The summed E-state index contributed by atoms with van der Waals surface area (Å²) < 4.78 is 31.1. The van der Waals surface area contributed by atoms with Crippen molar-refractivity contribution in [2.24, 2.45) is 13.0 Å². The van der Waals surface area contributed by atoms with Gasteiger partial charge >= 0.3 is 5.69 Å². The fourth-order valence-electron chi connectivity index (χ4n) is 8.75. The Kier molecular flexibility index (Phi) is 9.67. The lowest BCUT2D eigenvalue weighted by Crippen LogP contribution is -2.47. The molecular formula is C41H47FN8O6. The van der Waals surface area contributed by atoms with E-state index in [-0.39, 0.29) is 47.8 Å². The Morgan fingerprint density at radius 2 is 1.75 bits per heavy atom. The number of carbonyl (C=O) groups is 3. The van der Waals surface area contributed by atoms with E-state index in [0.717, 1.165) is 73.1 Å². The number of rotatable bonds is 10. The van der Waals surface area contributed by atoms with Gasteiger partial charge in [-0.1, -0.05) is 6.07 Å². The summed E-state index contributed by atoms with van der Waals surface area (Å²) in [5.74, 6) is 0.681. The number of ether oxygens (including phenoxy) is 2. The normalized spacial score (nSPS) is 20.9. The molecule has 5 aromatic rings. The van der Waals surface area contributed by atoms with E-state index >= 15 is 0 Å². The number of aryl methyl sites for hydroxylation is 1. The number of piperidine rings is 1. The molecule has 2 N–H and O–H groups in total. The molecule has 3 aliphatic rings. The van der Waals surface area contributed by atoms with Crippen molar-refractivity contribution in [3.8, 4) is 11.5 Å². The molecule has 8 rings (SSSR count). The summed E-state index contributed by atoms with van der Waals surface area (Å²) >= 11 is 0. The molecule has 5 heterocycles. The lowest BCUT2D eigenvalue weighted by Gasteiger charge is -2.43. The standard InChI is InChI=1S/C41H47FN8O6/c1-41(2,42)34-8-6-7-27(43-34)38(52)44-29-17-24-22-49(46-28(24)18-33(29)56-5)26-11-9-23(10-12-26)19-48-20-25(21-48)36-32(55-4)15-13-30-37(36)47(3)40(54)50(30)31-14-16-35(51)45-39(31)53/h6-8,13,15,17-18,22-23,25-26,31H,9-12,14,16,19-21H2,1-5H3,(H,44,52)(H,45,51,53). The number of methoxy groups -OCH3 is 2. The smallest absolute Gasteiger partial charge is 0.329 e. The first-order valence-electron chi connectivity index (χ1n) is 19.2. The predicted octanol–water partition coefficient (Wildman–Crippen LogP) is 5.37. The number of anilines is 1. The van der Waals surface area contributed by atoms with Gasteiger partial charge in [0.15, 0.2) is 0 Å². The number of carbonyl (C=O) groups excluding carboxylic acids is 3. The van der Waals surface area contributed by atoms with E-state index in [2.05, 4.69) is 20.5 Å². The van der Waals surface area contributed by atoms with Crippen LogP contribution in [0.25, 0.3) is 21.9 Å². The molecule has 3 amide bonds. The van der Waals surface area contributed by atoms with Crippen LogP contribution in [-0.2, 0) is 22.3 Å². The number of alkyl halides is 1. The number of hydrogen-bond donors (Lipinski definition) is 2. The first-order valence-corrected chi connectivity index (χ1v) is 19.2. The maximum atomic E-state index is 14.5. The number of pyridine rings is 1. The van der Waals surface area contributed by atoms with Gasteiger partial charge in [0.1, 0.15) is 28.9 Å². The second-order valence-corrected chi connectivity index (χ2v) is 15.9. The molecule has 294 valence electrons. The molecule has 0 spiro atoms. The third-order valence-electron chi connectivity index (χ3n) is 11.7. The first-order chi connectivity index (χ1) is 26.8. The van der Waals surface area contributed by atoms with E-state index in [9.17, 15) is 23.6 Å². The third kappa shape index (κ3) is 6.82. The number of nitrogens with one attached hydrogen (secondary N) is 2. The third-order valence-corrected chi connectivity index (χ3v) is 11.7. The van der Waals surface area contributed by atoms with Gasteiger partial charge in [-0.15, -0.1) is 0 Å². The van der Waals surface area contributed by atoms with Gasteiger partial charge in [-0.3, -0.25) is 33.5 Å². The highest BCUT2D eigenvalue weighted by atomic mass is 19.1. The lowest BCUT2D eigenvalue weighted by atomic mass is 9.83. The van der Waals surface area contributed by atoms with Crippen molar-refractivity contribution in [1.82, 2.24) is 34.1 Å². The van der Waals surface area contributed by atoms with Gasteiger partial charge in [-0.25, -0.2) is 14.2 Å². The van der Waals surface area contributed by atoms with Crippen LogP contribution in [0.1, 0.15) is 92.1 Å². The summed E-state index contributed by atoms with van der Waals surface area (Å²) in [6, 6.07) is 11.6. The van der Waals surface area contributed by atoms with Crippen LogP contribution in [0.15, 0.2) is 53.5 Å². The molecular weight excluding hydrogens is 719 g/mol. The summed E-state index contributed by atoms with van der Waals surface area (Å²) in [6.45, 7) is 5.48. The Balaban J connectivity index is 0.909. The number of halogens is 1. The molecule has 2 aromatic carbocycles. The maximum Gasteiger partial charge on any atom is 0.329 e. The summed E-state index contributed by atoms with van der Waals surface area (Å²) in [5.41, 5.74) is 2.01. The van der Waals surface area contributed by atoms with E-state index in [1.807, 2.05) is 35.1 Å². The van der Waals surface area contributed by atoms with E-state index in [1.54, 1.807) is 44.0 Å². The molecule has 2 aliphatic heterocycles. The fraction of sp³-hybridized carbons (Fsp3) is 0.463. The van der Waals surface area contributed by atoms with Crippen molar-refractivity contribution < 1.29 is 28.2 Å². The van der Waals surface area contributed by atoms with E-state index < -0.39 is 23.5 Å². The van der Waals surface area contributed by atoms with Crippen molar-refractivity contribution >= 4 is 45.3 Å². The minimum atomic E-state index is -1.68. The fourth-order valence-corrected chi connectivity index (χ4v) is 8.75. The molecule has 3 aromatic heterocycles. The molecule has 1 aliphatic carbocycles. The van der Waals surface area contributed by atoms with Crippen molar-refractivity contribution in [2.45, 2.75) is 76.0 Å². The second-order valence-electron chi connectivity index (χ2n) is 15.9. The number of benzene rings is 2. The Morgan fingerprint density at radius 3 is 2.45 bits per heavy atom. The van der Waals surface area contributed by atoms with Gasteiger partial charge in [0.05, 0.1) is 48.2 Å². The van der Waals surface area contributed by atoms with Gasteiger partial charge in [-0.2, -0.15) is 5.10 Å². The van der Waals surface area contributed by atoms with Crippen LogP contribution in [0.3, 0.4) is 0 Å². The lowest BCUT2D eigenvalue weighted by molar-refractivity contribution is -0.135. The van der Waals surface area contributed by atoms with Crippen molar-refractivity contribution in [3.05, 3.63) is 76.1 Å². The Morgan fingerprint density at radius 1 is 1.00 bits per heavy atom. The van der Waals surface area contributed by atoms with Gasteiger partial charge in [0.25, 0.3) is 5.91 Å². The molecule has 15 heteroatoms. The summed E-state index contributed by atoms with van der Waals surface area (Å²) in [7, 11) is 4.91. The van der Waals surface area contributed by atoms with Crippen LogP contribution < -0.4 is 25.8 Å². The molecule has 2 saturated heterocycles. The second kappa shape index (κ2) is 14.5. The van der Waals surface area contributed by atoms with Crippen LogP contribution in [0.4, 0.5) is 10.1 Å². The van der Waals surface area contributed by atoms with Gasteiger partial charge < -0.3 is 19.7 Å². The highest BCUT2D eigenvalue weighted by Crippen LogP contribution is 2.41. The zero-order valence-corrected chi connectivity index (χ0v) is 32.3. The van der Waals surface area contributed by atoms with E-state index in [1.165, 1.54) is 18.4 Å².